The number of hydrogen-bond donors (Lipinski definition) is 0. The number of benzene rings is 1. The van der Waals surface area contributed by atoms with Crippen molar-refractivity contribution in [2.24, 2.45) is 11.8 Å². The molecule has 1 unspecified atom stereocenters. The molecule has 0 N–H and O–H groups in total. The Morgan fingerprint density at radius 1 is 1.25 bits per heavy atom. The lowest BCUT2D eigenvalue weighted by atomic mass is 9.84. The van der Waals surface area contributed by atoms with Gasteiger partial charge >= 0.3 is 5.97 Å². The Hall–Kier alpha value is -2.34. The largest absolute Gasteiger partial charge is 0.494 e. The second kappa shape index (κ2) is 12.0. The van der Waals surface area contributed by atoms with Crippen molar-refractivity contribution in [1.82, 2.24) is 9.97 Å². The summed E-state index contributed by atoms with van der Waals surface area (Å²) in [7, 11) is 0. The van der Waals surface area contributed by atoms with Gasteiger partial charge in [-0.25, -0.2) is 9.97 Å². The van der Waals surface area contributed by atoms with E-state index in [1.807, 2.05) is 13.0 Å². The highest BCUT2D eigenvalue weighted by Crippen LogP contribution is 2.29. The fourth-order valence-corrected chi connectivity index (χ4v) is 4.34. The standard InChI is InChI=1S/C25H34ClN3O3/c1-4-31-24(30)8-6-20-5-7-23(15-19(20)3)32-14-11-18(2)21-9-12-29(13-10-21)25-27-16-22(26)17-28-25/h5,7,15-18,21H,4,6,8-14H2,1-3H3. The van der Waals surface area contributed by atoms with Crippen LogP contribution in [0.2, 0.25) is 5.02 Å². The lowest BCUT2D eigenvalue weighted by Crippen LogP contribution is -2.36. The number of piperidine rings is 1. The predicted molar refractivity (Wildman–Crippen MR) is 127 cm³/mol. The first-order valence-corrected chi connectivity index (χ1v) is 11.9. The summed E-state index contributed by atoms with van der Waals surface area (Å²) in [6.07, 6.45) is 7.74. The number of aryl methyl sites for hydroxylation is 2. The summed E-state index contributed by atoms with van der Waals surface area (Å²) in [4.78, 5) is 22.5. The number of hydrogen-bond acceptors (Lipinski definition) is 6. The van der Waals surface area contributed by atoms with Gasteiger partial charge in [-0.2, -0.15) is 0 Å². The maximum Gasteiger partial charge on any atom is 0.306 e. The average Bonchev–Trinajstić information content (AvgIpc) is 2.79. The van der Waals surface area contributed by atoms with E-state index in [0.29, 0.717) is 42.9 Å². The molecule has 1 aromatic carbocycles. The van der Waals surface area contributed by atoms with Gasteiger partial charge in [0.1, 0.15) is 5.75 Å². The Bertz CT molecular complexity index is 867. The molecule has 1 aliphatic heterocycles. The zero-order valence-electron chi connectivity index (χ0n) is 19.3. The van der Waals surface area contributed by atoms with Crippen LogP contribution in [0.15, 0.2) is 30.6 Å². The number of ether oxygens (including phenoxy) is 2. The zero-order valence-corrected chi connectivity index (χ0v) is 20.1. The quantitative estimate of drug-likeness (QED) is 0.452. The molecule has 32 heavy (non-hydrogen) atoms. The smallest absolute Gasteiger partial charge is 0.306 e. The van der Waals surface area contributed by atoms with Crippen LogP contribution in [0.25, 0.3) is 0 Å². The number of aromatic nitrogens is 2. The minimum atomic E-state index is -0.146. The Balaban J connectivity index is 1.39. The normalized spacial score (nSPS) is 15.4. The van der Waals surface area contributed by atoms with Gasteiger partial charge in [0.05, 0.1) is 30.6 Å². The van der Waals surface area contributed by atoms with Crippen molar-refractivity contribution in [3.63, 3.8) is 0 Å². The van der Waals surface area contributed by atoms with Crippen molar-refractivity contribution in [3.05, 3.63) is 46.7 Å². The zero-order chi connectivity index (χ0) is 22.9. The summed E-state index contributed by atoms with van der Waals surface area (Å²) in [5, 5.41) is 0.568. The van der Waals surface area contributed by atoms with Crippen LogP contribution in [0.1, 0.15) is 50.7 Å². The minimum absolute atomic E-state index is 0.146. The van der Waals surface area contributed by atoms with Crippen LogP contribution in [-0.4, -0.2) is 42.2 Å². The van der Waals surface area contributed by atoms with Crippen LogP contribution in [0.5, 0.6) is 5.75 Å². The molecule has 3 rings (SSSR count). The molecule has 1 saturated heterocycles. The summed E-state index contributed by atoms with van der Waals surface area (Å²) in [6.45, 7) is 9.31. The van der Waals surface area contributed by atoms with E-state index in [-0.39, 0.29) is 5.97 Å². The molecule has 2 heterocycles. The molecule has 1 aromatic heterocycles. The Morgan fingerprint density at radius 3 is 2.62 bits per heavy atom. The molecule has 174 valence electrons. The van der Waals surface area contributed by atoms with Crippen molar-refractivity contribution >= 4 is 23.5 Å². The highest BCUT2D eigenvalue weighted by atomic mass is 35.5. The van der Waals surface area contributed by atoms with Gasteiger partial charge in [0.15, 0.2) is 0 Å². The third-order valence-electron chi connectivity index (χ3n) is 6.29. The van der Waals surface area contributed by atoms with Gasteiger partial charge in [0.25, 0.3) is 0 Å². The Morgan fingerprint density at radius 2 is 1.97 bits per heavy atom. The summed E-state index contributed by atoms with van der Waals surface area (Å²) in [5.41, 5.74) is 2.31. The summed E-state index contributed by atoms with van der Waals surface area (Å²) >= 11 is 5.89. The molecule has 1 atom stereocenters. The van der Waals surface area contributed by atoms with Crippen LogP contribution in [-0.2, 0) is 16.0 Å². The highest BCUT2D eigenvalue weighted by Gasteiger charge is 2.25. The Labute approximate surface area is 196 Å². The number of carbonyl (C=O) groups excluding carboxylic acids is 1. The van der Waals surface area contributed by atoms with E-state index in [9.17, 15) is 4.79 Å². The van der Waals surface area contributed by atoms with Crippen LogP contribution in [0, 0.1) is 18.8 Å². The number of anilines is 1. The van der Waals surface area contributed by atoms with Crippen molar-refractivity contribution in [2.45, 2.75) is 52.9 Å². The SMILES string of the molecule is CCOC(=O)CCc1ccc(OCCC(C)C2CCN(c3ncc(Cl)cn3)CC2)cc1C. The molecular weight excluding hydrogens is 426 g/mol. The summed E-state index contributed by atoms with van der Waals surface area (Å²) in [6, 6.07) is 6.13. The topological polar surface area (TPSA) is 64.6 Å². The lowest BCUT2D eigenvalue weighted by Gasteiger charge is -2.34. The van der Waals surface area contributed by atoms with Crippen LogP contribution in [0.4, 0.5) is 5.95 Å². The van der Waals surface area contributed by atoms with Gasteiger partial charge in [-0.1, -0.05) is 24.6 Å². The number of esters is 1. The summed E-state index contributed by atoms with van der Waals surface area (Å²) < 4.78 is 11.0. The van der Waals surface area contributed by atoms with Crippen LogP contribution in [0.3, 0.4) is 0 Å². The Kier molecular flexibility index (Phi) is 9.15. The van der Waals surface area contributed by atoms with E-state index in [1.165, 1.54) is 0 Å². The van der Waals surface area contributed by atoms with Crippen molar-refractivity contribution < 1.29 is 14.3 Å². The fraction of sp³-hybridized carbons (Fsp3) is 0.560. The van der Waals surface area contributed by atoms with Crippen molar-refractivity contribution in [3.8, 4) is 5.75 Å². The molecule has 6 nitrogen and oxygen atoms in total. The molecule has 2 aromatic rings. The summed E-state index contributed by atoms with van der Waals surface area (Å²) in [5.74, 6) is 2.81. The van der Waals surface area contributed by atoms with E-state index < -0.39 is 0 Å². The minimum Gasteiger partial charge on any atom is -0.494 e. The van der Waals surface area contributed by atoms with Gasteiger partial charge in [0.2, 0.25) is 5.95 Å². The molecule has 1 aliphatic rings. The molecule has 0 bridgehead atoms. The third kappa shape index (κ3) is 7.09. The van der Waals surface area contributed by atoms with Crippen molar-refractivity contribution in [1.29, 1.82) is 0 Å². The first kappa shape index (κ1) is 24.3. The molecule has 0 amide bonds. The van der Waals surface area contributed by atoms with E-state index in [1.54, 1.807) is 12.4 Å². The van der Waals surface area contributed by atoms with E-state index in [2.05, 4.69) is 40.8 Å². The average molecular weight is 460 g/mol. The molecule has 0 radical (unpaired) electrons. The maximum atomic E-state index is 11.6. The van der Waals surface area contributed by atoms with Gasteiger partial charge < -0.3 is 14.4 Å². The number of carbonyl (C=O) groups is 1. The lowest BCUT2D eigenvalue weighted by molar-refractivity contribution is -0.143. The molecular formula is C25H34ClN3O3. The molecule has 0 spiro atoms. The maximum absolute atomic E-state index is 11.6. The van der Waals surface area contributed by atoms with E-state index >= 15 is 0 Å². The first-order valence-electron chi connectivity index (χ1n) is 11.6. The van der Waals surface area contributed by atoms with E-state index in [4.69, 9.17) is 21.1 Å². The van der Waals surface area contributed by atoms with Gasteiger partial charge in [0, 0.05) is 19.5 Å². The van der Waals surface area contributed by atoms with Crippen LogP contribution < -0.4 is 9.64 Å². The molecule has 1 fully saturated rings. The van der Waals surface area contributed by atoms with Crippen LogP contribution >= 0.6 is 11.6 Å². The second-order valence-corrected chi connectivity index (χ2v) is 8.97. The number of halogens is 1. The second-order valence-electron chi connectivity index (χ2n) is 8.53. The molecule has 7 heteroatoms. The third-order valence-corrected chi connectivity index (χ3v) is 6.49. The predicted octanol–water partition coefficient (Wildman–Crippen LogP) is 5.26. The molecule has 0 aliphatic carbocycles. The number of rotatable bonds is 10. The first-order chi connectivity index (χ1) is 15.5. The number of nitrogens with zero attached hydrogens (tertiary/aromatic N) is 3. The van der Waals surface area contributed by atoms with Gasteiger partial charge in [-0.3, -0.25) is 4.79 Å². The van der Waals surface area contributed by atoms with Crippen molar-refractivity contribution in [2.75, 3.05) is 31.2 Å². The van der Waals surface area contributed by atoms with Gasteiger partial charge in [-0.05, 0) is 74.6 Å². The van der Waals surface area contributed by atoms with E-state index in [0.717, 1.165) is 55.2 Å². The highest BCUT2D eigenvalue weighted by molar-refractivity contribution is 6.30. The fourth-order valence-electron chi connectivity index (χ4n) is 4.24. The monoisotopic (exact) mass is 459 g/mol. The van der Waals surface area contributed by atoms with Gasteiger partial charge in [-0.15, -0.1) is 0 Å². The molecule has 0 saturated carbocycles.